The molecule has 0 bridgehead atoms. The Morgan fingerprint density at radius 2 is 2.03 bits per heavy atom. The molecule has 3 aromatic heterocycles. The van der Waals surface area contributed by atoms with Crippen LogP contribution in [0.25, 0.3) is 0 Å². The number of nitrogens with zero attached hydrogens (tertiary/aromatic N) is 6. The van der Waals surface area contributed by atoms with Crippen molar-refractivity contribution in [2.75, 3.05) is 19.0 Å². The van der Waals surface area contributed by atoms with Crippen molar-refractivity contribution in [1.82, 2.24) is 29.9 Å². The summed E-state index contributed by atoms with van der Waals surface area (Å²) in [6.07, 6.45) is 9.26. The van der Waals surface area contributed by atoms with Gasteiger partial charge in [0.2, 0.25) is 0 Å². The minimum Gasteiger partial charge on any atom is -0.481 e. The molecule has 3 aromatic rings. The van der Waals surface area contributed by atoms with Gasteiger partial charge in [0.25, 0.3) is 0 Å². The number of carbonyl (C=O) groups is 1. The molecule has 31 heavy (non-hydrogen) atoms. The van der Waals surface area contributed by atoms with Crippen molar-refractivity contribution in [2.45, 2.75) is 44.6 Å². The number of pyridine rings is 1. The Balaban J connectivity index is 1.40. The molecular weight excluding hydrogens is 398 g/mol. The number of carboxylic acids is 1. The van der Waals surface area contributed by atoms with Gasteiger partial charge in [-0.15, -0.1) is 0 Å². The molecule has 0 fully saturated rings. The first-order valence-corrected chi connectivity index (χ1v) is 10.3. The van der Waals surface area contributed by atoms with E-state index in [2.05, 4.69) is 37.6 Å². The van der Waals surface area contributed by atoms with Crippen LogP contribution in [0.4, 0.5) is 5.82 Å². The maximum absolute atomic E-state index is 11.4. The first-order chi connectivity index (χ1) is 15.1. The highest BCUT2D eigenvalue weighted by Crippen LogP contribution is 2.22. The van der Waals surface area contributed by atoms with Gasteiger partial charge < -0.3 is 15.2 Å². The highest BCUT2D eigenvalue weighted by Gasteiger charge is 2.21. The summed E-state index contributed by atoms with van der Waals surface area (Å²) in [5, 5.41) is 21.5. The average Bonchev–Trinajstić information content (AvgIpc) is 3.26. The van der Waals surface area contributed by atoms with E-state index in [0.717, 1.165) is 55.9 Å². The Bertz CT molecular complexity index is 1040. The van der Waals surface area contributed by atoms with Crippen LogP contribution in [0.1, 0.15) is 47.8 Å². The van der Waals surface area contributed by atoms with Gasteiger partial charge in [-0.05, 0) is 43.7 Å². The van der Waals surface area contributed by atoms with Crippen LogP contribution in [0, 0.1) is 0 Å². The van der Waals surface area contributed by atoms with Gasteiger partial charge in [-0.25, -0.2) is 15.0 Å². The molecule has 1 atom stereocenters. The van der Waals surface area contributed by atoms with Gasteiger partial charge in [-0.2, -0.15) is 15.0 Å². The van der Waals surface area contributed by atoms with E-state index < -0.39 is 12.0 Å². The van der Waals surface area contributed by atoms with E-state index in [-0.39, 0.29) is 12.4 Å². The third kappa shape index (κ3) is 5.14. The summed E-state index contributed by atoms with van der Waals surface area (Å²) in [4.78, 5) is 25.6. The van der Waals surface area contributed by atoms with Gasteiger partial charge in [0, 0.05) is 30.2 Å². The second-order valence-corrected chi connectivity index (χ2v) is 7.47. The molecule has 0 saturated heterocycles. The number of rotatable bonds is 9. The van der Waals surface area contributed by atoms with Crippen LogP contribution in [0.15, 0.2) is 30.7 Å². The molecule has 0 unspecified atom stereocenters. The van der Waals surface area contributed by atoms with Crippen LogP contribution in [0.3, 0.4) is 0 Å². The number of aromatic nitrogens is 6. The van der Waals surface area contributed by atoms with Gasteiger partial charge in [-0.1, -0.05) is 6.07 Å². The number of aliphatic carboxylic acids is 1. The number of nitrogens with one attached hydrogen (secondary N) is 1. The monoisotopic (exact) mass is 423 g/mol. The van der Waals surface area contributed by atoms with E-state index in [1.807, 2.05) is 0 Å². The standard InChI is InChI=1S/C21H25N7O3/c1-31-21-23-11-15(12-24-21)18(10-19(29)30)28-25-13-17(27-28)6-2-5-16-8-7-14-4-3-9-22-20(14)26-16/h7-8,11-13,18H,2-6,9-10H2,1H3,(H,22,26)(H,29,30)/t18-/m0/s1. The predicted molar refractivity (Wildman–Crippen MR) is 112 cm³/mol. The fourth-order valence-corrected chi connectivity index (χ4v) is 3.63. The zero-order chi connectivity index (χ0) is 21.6. The van der Waals surface area contributed by atoms with Crippen molar-refractivity contribution in [3.05, 3.63) is 53.2 Å². The summed E-state index contributed by atoms with van der Waals surface area (Å²) in [5.74, 6) is 0.0553. The van der Waals surface area contributed by atoms with Gasteiger partial charge in [0.15, 0.2) is 0 Å². The van der Waals surface area contributed by atoms with Crippen LogP contribution < -0.4 is 10.1 Å². The molecule has 0 aliphatic carbocycles. The SMILES string of the molecule is COc1ncc([C@H](CC(=O)O)n2ncc(CCCc3ccc4c(n3)NCCC4)n2)cn1. The third-order valence-corrected chi connectivity index (χ3v) is 5.24. The van der Waals surface area contributed by atoms with Crippen LogP contribution in [-0.4, -0.2) is 54.7 Å². The Morgan fingerprint density at radius 1 is 1.23 bits per heavy atom. The van der Waals surface area contributed by atoms with E-state index in [1.165, 1.54) is 29.9 Å². The summed E-state index contributed by atoms with van der Waals surface area (Å²) < 4.78 is 4.97. The summed E-state index contributed by atoms with van der Waals surface area (Å²) >= 11 is 0. The molecule has 10 heteroatoms. The summed E-state index contributed by atoms with van der Waals surface area (Å²) in [7, 11) is 1.47. The van der Waals surface area contributed by atoms with Gasteiger partial charge in [0.1, 0.15) is 11.9 Å². The lowest BCUT2D eigenvalue weighted by molar-refractivity contribution is -0.137. The van der Waals surface area contributed by atoms with E-state index in [1.54, 1.807) is 6.20 Å². The minimum absolute atomic E-state index is 0.171. The van der Waals surface area contributed by atoms with Crippen LogP contribution in [0.2, 0.25) is 0 Å². The lowest BCUT2D eigenvalue weighted by atomic mass is 10.1. The van der Waals surface area contributed by atoms with Crippen molar-refractivity contribution in [3.63, 3.8) is 0 Å². The normalized spacial score (nSPS) is 13.8. The lowest BCUT2D eigenvalue weighted by Crippen LogP contribution is -2.18. The molecule has 162 valence electrons. The lowest BCUT2D eigenvalue weighted by Gasteiger charge is -2.17. The molecule has 0 spiro atoms. The van der Waals surface area contributed by atoms with Gasteiger partial charge >= 0.3 is 12.0 Å². The largest absolute Gasteiger partial charge is 0.481 e. The van der Waals surface area contributed by atoms with Crippen LogP contribution in [0.5, 0.6) is 6.01 Å². The van der Waals surface area contributed by atoms with E-state index in [4.69, 9.17) is 9.72 Å². The van der Waals surface area contributed by atoms with Gasteiger partial charge in [-0.3, -0.25) is 4.79 Å². The maximum Gasteiger partial charge on any atom is 0.316 e. The first kappa shape index (κ1) is 20.7. The number of methoxy groups -OCH3 is 1. The number of fused-ring (bicyclic) bond motifs is 1. The van der Waals surface area contributed by atoms with Crippen LogP contribution >= 0.6 is 0 Å². The summed E-state index contributed by atoms with van der Waals surface area (Å²) in [6.45, 7) is 0.975. The summed E-state index contributed by atoms with van der Waals surface area (Å²) in [5.41, 5.74) is 3.75. The van der Waals surface area contributed by atoms with Crippen molar-refractivity contribution in [3.8, 4) is 6.01 Å². The maximum atomic E-state index is 11.4. The highest BCUT2D eigenvalue weighted by molar-refractivity contribution is 5.67. The Hall–Kier alpha value is -3.56. The van der Waals surface area contributed by atoms with Crippen molar-refractivity contribution >= 4 is 11.8 Å². The van der Waals surface area contributed by atoms with Crippen LogP contribution in [-0.2, 0) is 24.1 Å². The molecule has 0 saturated carbocycles. The number of hydrogen-bond acceptors (Lipinski definition) is 8. The first-order valence-electron chi connectivity index (χ1n) is 10.3. The second-order valence-electron chi connectivity index (χ2n) is 7.47. The second kappa shape index (κ2) is 9.50. The Labute approximate surface area is 179 Å². The molecule has 0 radical (unpaired) electrons. The van der Waals surface area contributed by atoms with E-state index in [0.29, 0.717) is 5.56 Å². The fourth-order valence-electron chi connectivity index (χ4n) is 3.63. The zero-order valence-electron chi connectivity index (χ0n) is 17.4. The number of anilines is 1. The molecule has 4 rings (SSSR count). The number of ether oxygens (including phenoxy) is 1. The zero-order valence-corrected chi connectivity index (χ0v) is 17.4. The molecule has 0 aromatic carbocycles. The number of aryl methyl sites for hydroxylation is 3. The number of carboxylic acid groups (broad SMARTS) is 1. The molecule has 10 nitrogen and oxygen atoms in total. The minimum atomic E-state index is -0.952. The highest BCUT2D eigenvalue weighted by atomic mass is 16.5. The van der Waals surface area contributed by atoms with E-state index >= 15 is 0 Å². The molecule has 1 aliphatic rings. The quantitative estimate of drug-likeness (QED) is 0.531. The van der Waals surface area contributed by atoms with Crippen molar-refractivity contribution in [2.24, 2.45) is 0 Å². The molecule has 1 aliphatic heterocycles. The average molecular weight is 423 g/mol. The predicted octanol–water partition coefficient (Wildman–Crippen LogP) is 2.07. The topological polar surface area (TPSA) is 128 Å². The smallest absolute Gasteiger partial charge is 0.316 e. The third-order valence-electron chi connectivity index (χ3n) is 5.24. The van der Waals surface area contributed by atoms with Crippen molar-refractivity contribution in [1.29, 1.82) is 0 Å². The molecule has 4 heterocycles. The Morgan fingerprint density at radius 3 is 2.81 bits per heavy atom. The Kier molecular flexibility index (Phi) is 6.34. The summed E-state index contributed by atoms with van der Waals surface area (Å²) in [6, 6.07) is 3.88. The van der Waals surface area contributed by atoms with Gasteiger partial charge in [0.05, 0.1) is 25.4 Å². The number of hydrogen-bond donors (Lipinski definition) is 2. The molecular formula is C21H25N7O3. The molecule has 0 amide bonds. The molecule has 2 N–H and O–H groups in total. The fraction of sp³-hybridized carbons (Fsp3) is 0.429. The van der Waals surface area contributed by atoms with E-state index in [9.17, 15) is 9.90 Å². The van der Waals surface area contributed by atoms with Crippen molar-refractivity contribution < 1.29 is 14.6 Å².